The molecule has 1 saturated heterocycles. The molecule has 0 amide bonds. The monoisotopic (exact) mass is 317 g/mol. The van der Waals surface area contributed by atoms with E-state index in [-0.39, 0.29) is 0 Å². The van der Waals surface area contributed by atoms with Crippen molar-refractivity contribution in [1.29, 1.82) is 0 Å². The van der Waals surface area contributed by atoms with Gasteiger partial charge in [0.2, 0.25) is 0 Å². The summed E-state index contributed by atoms with van der Waals surface area (Å²) in [6.07, 6.45) is 5.99. The molecule has 0 bridgehead atoms. The van der Waals surface area contributed by atoms with Gasteiger partial charge in [0.25, 0.3) is 0 Å². The van der Waals surface area contributed by atoms with Crippen LogP contribution in [0.2, 0.25) is 0 Å². The summed E-state index contributed by atoms with van der Waals surface area (Å²) in [7, 11) is 0. The molecule has 5 heteroatoms. The average molecular weight is 317 g/mol. The molecule has 0 saturated carbocycles. The predicted molar refractivity (Wildman–Crippen MR) is 89.1 cm³/mol. The molecule has 1 aliphatic rings. The van der Waals surface area contributed by atoms with Gasteiger partial charge in [-0.1, -0.05) is 6.42 Å². The maximum atomic E-state index is 4.89. The SMILES string of the molecule is Cc1nc([C@H]2CCCCN2Cc2ccsc2)c2sccn12. The van der Waals surface area contributed by atoms with Crippen LogP contribution in [0.15, 0.2) is 28.4 Å². The maximum absolute atomic E-state index is 4.89. The van der Waals surface area contributed by atoms with Gasteiger partial charge >= 0.3 is 0 Å². The fourth-order valence-corrected chi connectivity index (χ4v) is 4.90. The molecule has 110 valence electrons. The number of hydrogen-bond donors (Lipinski definition) is 0. The molecule has 4 rings (SSSR count). The molecular formula is C16H19N3S2. The van der Waals surface area contributed by atoms with Crippen LogP contribution in [-0.2, 0) is 6.54 Å². The van der Waals surface area contributed by atoms with E-state index in [1.54, 1.807) is 11.3 Å². The molecule has 0 spiro atoms. The van der Waals surface area contributed by atoms with E-state index in [0.29, 0.717) is 6.04 Å². The van der Waals surface area contributed by atoms with Crippen molar-refractivity contribution in [2.75, 3.05) is 6.54 Å². The van der Waals surface area contributed by atoms with E-state index in [2.05, 4.69) is 44.6 Å². The summed E-state index contributed by atoms with van der Waals surface area (Å²) >= 11 is 3.60. The van der Waals surface area contributed by atoms with Crippen LogP contribution in [0.25, 0.3) is 4.83 Å². The summed E-state index contributed by atoms with van der Waals surface area (Å²) in [5.41, 5.74) is 2.72. The number of imidazole rings is 1. The second-order valence-electron chi connectivity index (χ2n) is 5.74. The molecule has 4 heterocycles. The standard InChI is InChI=1S/C16H19N3S2/c1-12-17-15(16-19(12)7-9-21-16)14-4-2-3-6-18(14)10-13-5-8-20-11-13/h5,7-9,11,14H,2-4,6,10H2,1H3/t14-/m1/s1. The predicted octanol–water partition coefficient (Wildman–Crippen LogP) is 4.49. The van der Waals surface area contributed by atoms with Gasteiger partial charge in [-0.3, -0.25) is 9.30 Å². The lowest BCUT2D eigenvalue weighted by atomic mass is 9.99. The fraction of sp³-hybridized carbons (Fsp3) is 0.438. The van der Waals surface area contributed by atoms with Crippen molar-refractivity contribution in [2.45, 2.75) is 38.8 Å². The molecule has 0 aromatic carbocycles. The first-order valence-electron chi connectivity index (χ1n) is 7.50. The first-order chi connectivity index (χ1) is 10.3. The van der Waals surface area contributed by atoms with Crippen molar-refractivity contribution in [3.63, 3.8) is 0 Å². The van der Waals surface area contributed by atoms with Crippen LogP contribution >= 0.6 is 22.7 Å². The van der Waals surface area contributed by atoms with Crippen molar-refractivity contribution in [3.8, 4) is 0 Å². The Morgan fingerprint density at radius 3 is 3.14 bits per heavy atom. The van der Waals surface area contributed by atoms with Crippen molar-refractivity contribution in [1.82, 2.24) is 14.3 Å². The van der Waals surface area contributed by atoms with E-state index in [4.69, 9.17) is 4.98 Å². The molecule has 0 N–H and O–H groups in total. The van der Waals surface area contributed by atoms with E-state index in [0.717, 1.165) is 12.4 Å². The molecular weight excluding hydrogens is 298 g/mol. The van der Waals surface area contributed by atoms with Crippen molar-refractivity contribution >= 4 is 27.5 Å². The average Bonchev–Trinajstić information content (AvgIpc) is 3.20. The number of thiazole rings is 1. The molecule has 21 heavy (non-hydrogen) atoms. The minimum atomic E-state index is 0.473. The van der Waals surface area contributed by atoms with Crippen molar-refractivity contribution in [2.24, 2.45) is 0 Å². The highest BCUT2D eigenvalue weighted by atomic mass is 32.1. The van der Waals surface area contributed by atoms with Crippen LogP contribution in [0.1, 0.15) is 42.4 Å². The fourth-order valence-electron chi connectivity index (χ4n) is 3.32. The molecule has 3 nitrogen and oxygen atoms in total. The second kappa shape index (κ2) is 5.55. The van der Waals surface area contributed by atoms with Crippen LogP contribution in [0.5, 0.6) is 0 Å². The highest BCUT2D eigenvalue weighted by molar-refractivity contribution is 7.15. The number of aryl methyl sites for hydroxylation is 1. The number of rotatable bonds is 3. The first kappa shape index (κ1) is 13.5. The van der Waals surface area contributed by atoms with Gasteiger partial charge in [-0.25, -0.2) is 4.98 Å². The number of piperidine rings is 1. The second-order valence-corrected chi connectivity index (χ2v) is 7.41. The molecule has 1 atom stereocenters. The Bertz CT molecular complexity index is 726. The molecule has 3 aromatic rings. The van der Waals surface area contributed by atoms with Crippen molar-refractivity contribution < 1.29 is 0 Å². The minimum Gasteiger partial charge on any atom is -0.294 e. The zero-order chi connectivity index (χ0) is 14.2. The number of nitrogens with zero attached hydrogens (tertiary/aromatic N) is 3. The zero-order valence-corrected chi connectivity index (χ0v) is 13.8. The zero-order valence-electron chi connectivity index (χ0n) is 12.2. The van der Waals surface area contributed by atoms with Gasteiger partial charge in [-0.15, -0.1) is 11.3 Å². The molecule has 1 fully saturated rings. The molecule has 0 radical (unpaired) electrons. The largest absolute Gasteiger partial charge is 0.294 e. The van der Waals surface area contributed by atoms with Crippen LogP contribution in [0.3, 0.4) is 0 Å². The molecule has 0 unspecified atom stereocenters. The highest BCUT2D eigenvalue weighted by Crippen LogP contribution is 2.35. The van der Waals surface area contributed by atoms with Gasteiger partial charge in [-0.05, 0) is 48.7 Å². The van der Waals surface area contributed by atoms with Crippen LogP contribution in [0, 0.1) is 6.92 Å². The molecule has 3 aromatic heterocycles. The Kier molecular flexibility index (Phi) is 3.57. The van der Waals surface area contributed by atoms with E-state index in [1.807, 2.05) is 11.3 Å². The highest BCUT2D eigenvalue weighted by Gasteiger charge is 2.28. The summed E-state index contributed by atoms with van der Waals surface area (Å²) in [5.74, 6) is 1.11. The third-order valence-electron chi connectivity index (χ3n) is 4.35. The summed E-state index contributed by atoms with van der Waals surface area (Å²) in [5, 5.41) is 6.61. The van der Waals surface area contributed by atoms with Crippen molar-refractivity contribution in [3.05, 3.63) is 45.5 Å². The Morgan fingerprint density at radius 1 is 1.33 bits per heavy atom. The van der Waals surface area contributed by atoms with Gasteiger partial charge in [0.1, 0.15) is 10.7 Å². The summed E-state index contributed by atoms with van der Waals surface area (Å²) in [6, 6.07) is 2.72. The summed E-state index contributed by atoms with van der Waals surface area (Å²) in [6.45, 7) is 4.34. The summed E-state index contributed by atoms with van der Waals surface area (Å²) < 4.78 is 2.23. The Balaban J connectivity index is 1.68. The minimum absolute atomic E-state index is 0.473. The normalized spacial score (nSPS) is 20.3. The van der Waals surface area contributed by atoms with E-state index in [1.165, 1.54) is 41.9 Å². The molecule has 1 aliphatic heterocycles. The lowest BCUT2D eigenvalue weighted by molar-refractivity contribution is 0.139. The van der Waals surface area contributed by atoms with Crippen LogP contribution in [-0.4, -0.2) is 20.8 Å². The Labute approximate surface area is 132 Å². The van der Waals surface area contributed by atoms with E-state index >= 15 is 0 Å². The third-order valence-corrected chi connectivity index (χ3v) is 5.97. The van der Waals surface area contributed by atoms with Crippen LogP contribution < -0.4 is 0 Å². The van der Waals surface area contributed by atoms with Gasteiger partial charge in [0, 0.05) is 18.1 Å². The lowest BCUT2D eigenvalue weighted by Crippen LogP contribution is -2.33. The van der Waals surface area contributed by atoms with E-state index in [9.17, 15) is 0 Å². The molecule has 0 aliphatic carbocycles. The van der Waals surface area contributed by atoms with Gasteiger partial charge in [0.05, 0.1) is 11.7 Å². The van der Waals surface area contributed by atoms with Gasteiger partial charge in [-0.2, -0.15) is 11.3 Å². The first-order valence-corrected chi connectivity index (χ1v) is 9.32. The topological polar surface area (TPSA) is 20.5 Å². The number of hydrogen-bond acceptors (Lipinski definition) is 4. The third kappa shape index (κ3) is 2.43. The van der Waals surface area contributed by atoms with Crippen LogP contribution in [0.4, 0.5) is 0 Å². The number of likely N-dealkylation sites (tertiary alicyclic amines) is 1. The summed E-state index contributed by atoms with van der Waals surface area (Å²) in [4.78, 5) is 8.83. The maximum Gasteiger partial charge on any atom is 0.124 e. The van der Waals surface area contributed by atoms with Gasteiger partial charge in [0.15, 0.2) is 0 Å². The number of aromatic nitrogens is 2. The smallest absolute Gasteiger partial charge is 0.124 e. The Morgan fingerprint density at radius 2 is 2.29 bits per heavy atom. The quantitative estimate of drug-likeness (QED) is 0.709. The van der Waals surface area contributed by atoms with E-state index < -0.39 is 0 Å². The number of fused-ring (bicyclic) bond motifs is 1. The van der Waals surface area contributed by atoms with Gasteiger partial charge < -0.3 is 0 Å². The number of thiophene rings is 1. The Hall–Kier alpha value is -1.17. The lowest BCUT2D eigenvalue weighted by Gasteiger charge is -2.34.